The molecule has 3 unspecified atom stereocenters. The summed E-state index contributed by atoms with van der Waals surface area (Å²) in [6, 6.07) is 6.65. The minimum Gasteiger partial charge on any atom is -0.393 e. The van der Waals surface area contributed by atoms with E-state index in [4.69, 9.17) is 0 Å². The van der Waals surface area contributed by atoms with Gasteiger partial charge in [-0.1, -0.05) is 40.2 Å². The summed E-state index contributed by atoms with van der Waals surface area (Å²) in [7, 11) is 0. The highest BCUT2D eigenvalue weighted by Crippen LogP contribution is 2.46. The smallest absolute Gasteiger partial charge is 0.254 e. The van der Waals surface area contributed by atoms with Crippen molar-refractivity contribution >= 4 is 5.91 Å². The van der Waals surface area contributed by atoms with Gasteiger partial charge in [0.1, 0.15) is 0 Å². The second-order valence-corrected chi connectivity index (χ2v) is 10.4. The predicted molar refractivity (Wildman–Crippen MR) is 109 cm³/mol. The number of aliphatic hydroxyl groups excluding tert-OH is 1. The fraction of sp³-hybridized carbons (Fsp3) is 0.708. The third-order valence-electron chi connectivity index (χ3n) is 7.69. The molecule has 0 bridgehead atoms. The molecule has 0 spiro atoms. The van der Waals surface area contributed by atoms with Crippen LogP contribution in [0, 0.1) is 5.92 Å². The molecule has 1 saturated carbocycles. The number of hydrogen-bond donors (Lipinski definition) is 1. The van der Waals surface area contributed by atoms with E-state index in [1.807, 2.05) is 6.07 Å². The highest BCUT2D eigenvalue weighted by Gasteiger charge is 2.41. The zero-order valence-corrected chi connectivity index (χ0v) is 17.4. The number of aliphatic hydroxyl groups is 1. The molecule has 0 radical (unpaired) electrons. The van der Waals surface area contributed by atoms with Crippen molar-refractivity contribution in [3.63, 3.8) is 0 Å². The number of carbonyl (C=O) groups is 1. The molecule has 3 heteroatoms. The molecule has 1 aromatic carbocycles. The van der Waals surface area contributed by atoms with E-state index in [-0.39, 0.29) is 34.8 Å². The van der Waals surface area contributed by atoms with Gasteiger partial charge in [0.25, 0.3) is 5.91 Å². The van der Waals surface area contributed by atoms with E-state index >= 15 is 0 Å². The largest absolute Gasteiger partial charge is 0.393 e. The SMILES string of the molecule is CC1(C)CCC(C)(C)c2cc(C(=O)N3CCCC3C3CCCC3O)ccc21. The minimum atomic E-state index is -0.230. The van der Waals surface area contributed by atoms with Crippen molar-refractivity contribution in [1.82, 2.24) is 4.90 Å². The van der Waals surface area contributed by atoms with Gasteiger partial charge in [-0.15, -0.1) is 0 Å². The molecule has 0 aromatic heterocycles. The number of likely N-dealkylation sites (tertiary alicyclic amines) is 1. The van der Waals surface area contributed by atoms with Crippen LogP contribution < -0.4 is 0 Å². The Morgan fingerprint density at radius 1 is 1.00 bits per heavy atom. The molecular formula is C24H35NO2. The Hall–Kier alpha value is -1.35. The van der Waals surface area contributed by atoms with Crippen molar-refractivity contribution < 1.29 is 9.90 Å². The van der Waals surface area contributed by atoms with Crippen molar-refractivity contribution in [2.45, 2.75) is 95.6 Å². The summed E-state index contributed by atoms with van der Waals surface area (Å²) in [6.45, 7) is 10.1. The Balaban J connectivity index is 1.65. The molecule has 2 fully saturated rings. The van der Waals surface area contributed by atoms with Crippen molar-refractivity contribution in [3.8, 4) is 0 Å². The average Bonchev–Trinajstić information content (AvgIpc) is 3.26. The van der Waals surface area contributed by atoms with Crippen LogP contribution in [0.4, 0.5) is 0 Å². The highest BCUT2D eigenvalue weighted by atomic mass is 16.3. The number of nitrogens with zero attached hydrogens (tertiary/aromatic N) is 1. The first-order valence-electron chi connectivity index (χ1n) is 10.8. The number of hydrogen-bond acceptors (Lipinski definition) is 2. The molecule has 148 valence electrons. The van der Waals surface area contributed by atoms with Gasteiger partial charge in [-0.3, -0.25) is 4.79 Å². The van der Waals surface area contributed by atoms with Crippen LogP contribution in [-0.2, 0) is 10.8 Å². The Labute approximate surface area is 164 Å². The fourth-order valence-electron chi connectivity index (χ4n) is 5.80. The van der Waals surface area contributed by atoms with Gasteiger partial charge in [0, 0.05) is 24.1 Å². The lowest BCUT2D eigenvalue weighted by atomic mass is 9.63. The van der Waals surface area contributed by atoms with E-state index in [1.54, 1.807) is 0 Å². The molecule has 3 atom stereocenters. The van der Waals surface area contributed by atoms with Crippen molar-refractivity contribution in [1.29, 1.82) is 0 Å². The Morgan fingerprint density at radius 3 is 2.37 bits per heavy atom. The molecule has 1 heterocycles. The molecule has 1 saturated heterocycles. The number of carbonyl (C=O) groups excluding carboxylic acids is 1. The minimum absolute atomic E-state index is 0.118. The van der Waals surface area contributed by atoms with Gasteiger partial charge >= 0.3 is 0 Å². The maximum atomic E-state index is 13.4. The van der Waals surface area contributed by atoms with Crippen molar-refractivity contribution in [2.75, 3.05) is 6.54 Å². The number of fused-ring (bicyclic) bond motifs is 1. The molecule has 3 nitrogen and oxygen atoms in total. The average molecular weight is 370 g/mol. The van der Waals surface area contributed by atoms with Gasteiger partial charge in [-0.25, -0.2) is 0 Å². The van der Waals surface area contributed by atoms with E-state index in [0.29, 0.717) is 0 Å². The Bertz CT molecular complexity index is 736. The second-order valence-electron chi connectivity index (χ2n) is 10.4. The first-order valence-corrected chi connectivity index (χ1v) is 10.8. The van der Waals surface area contributed by atoms with Crippen LogP contribution in [0.5, 0.6) is 0 Å². The van der Waals surface area contributed by atoms with E-state index in [1.165, 1.54) is 17.5 Å². The van der Waals surface area contributed by atoms with E-state index in [9.17, 15) is 9.90 Å². The molecule has 4 rings (SSSR count). The van der Waals surface area contributed by atoms with Gasteiger partial charge in [0.15, 0.2) is 0 Å². The molecular weight excluding hydrogens is 334 g/mol. The van der Waals surface area contributed by atoms with Gasteiger partial charge in [0.2, 0.25) is 0 Å². The number of amides is 1. The lowest BCUT2D eigenvalue weighted by Crippen LogP contribution is -2.42. The van der Waals surface area contributed by atoms with Crippen molar-refractivity contribution in [3.05, 3.63) is 34.9 Å². The molecule has 3 aliphatic rings. The zero-order valence-electron chi connectivity index (χ0n) is 17.4. The fourth-order valence-corrected chi connectivity index (χ4v) is 5.80. The van der Waals surface area contributed by atoms with Crippen molar-refractivity contribution in [2.24, 2.45) is 5.92 Å². The third-order valence-corrected chi connectivity index (χ3v) is 7.69. The maximum Gasteiger partial charge on any atom is 0.254 e. The molecule has 1 amide bonds. The van der Waals surface area contributed by atoms with Crippen LogP contribution in [0.15, 0.2) is 18.2 Å². The van der Waals surface area contributed by atoms with Crippen LogP contribution >= 0.6 is 0 Å². The maximum absolute atomic E-state index is 13.4. The molecule has 1 aromatic rings. The summed E-state index contributed by atoms with van der Waals surface area (Å²) in [5.41, 5.74) is 3.88. The van der Waals surface area contributed by atoms with Gasteiger partial charge in [0.05, 0.1) is 6.10 Å². The van der Waals surface area contributed by atoms with Crippen LogP contribution in [0.1, 0.15) is 94.1 Å². The highest BCUT2D eigenvalue weighted by molar-refractivity contribution is 5.95. The Morgan fingerprint density at radius 2 is 1.70 bits per heavy atom. The lowest BCUT2D eigenvalue weighted by Gasteiger charge is -2.42. The van der Waals surface area contributed by atoms with E-state index < -0.39 is 0 Å². The van der Waals surface area contributed by atoms with E-state index in [2.05, 4.69) is 44.7 Å². The summed E-state index contributed by atoms with van der Waals surface area (Å²) in [5.74, 6) is 0.433. The van der Waals surface area contributed by atoms with E-state index in [0.717, 1.165) is 50.6 Å². The zero-order chi connectivity index (χ0) is 19.4. The number of benzene rings is 1. The molecule has 27 heavy (non-hydrogen) atoms. The number of rotatable bonds is 2. The summed E-state index contributed by atoms with van der Waals surface area (Å²) in [5, 5.41) is 10.4. The third kappa shape index (κ3) is 3.22. The van der Waals surface area contributed by atoms with Crippen LogP contribution in [0.3, 0.4) is 0 Å². The quantitative estimate of drug-likeness (QED) is 0.813. The Kier molecular flexibility index (Phi) is 4.65. The van der Waals surface area contributed by atoms with Gasteiger partial charge in [-0.2, -0.15) is 0 Å². The topological polar surface area (TPSA) is 40.5 Å². The molecule has 1 aliphatic heterocycles. The predicted octanol–water partition coefficient (Wildman–Crippen LogP) is 4.80. The standard InChI is InChI=1S/C24H35NO2/c1-23(2)12-13-24(3,4)19-15-16(10-11-18(19)23)22(27)25-14-6-8-20(25)17-7-5-9-21(17)26/h10-11,15,17,20-21,26H,5-9,12-14H2,1-4H3. The second kappa shape index (κ2) is 6.62. The monoisotopic (exact) mass is 369 g/mol. The van der Waals surface area contributed by atoms with Gasteiger partial charge < -0.3 is 10.0 Å². The van der Waals surface area contributed by atoms with Crippen LogP contribution in [-0.4, -0.2) is 34.6 Å². The first kappa shape index (κ1) is 19.0. The summed E-state index contributed by atoms with van der Waals surface area (Å²) >= 11 is 0. The normalized spacial score (nSPS) is 31.7. The van der Waals surface area contributed by atoms with Crippen LogP contribution in [0.2, 0.25) is 0 Å². The van der Waals surface area contributed by atoms with Crippen LogP contribution in [0.25, 0.3) is 0 Å². The summed E-state index contributed by atoms with van der Waals surface area (Å²) in [6.07, 6.45) is 7.25. The molecule has 1 N–H and O–H groups in total. The van der Waals surface area contributed by atoms with Gasteiger partial charge in [-0.05, 0) is 72.6 Å². The summed E-state index contributed by atoms with van der Waals surface area (Å²) < 4.78 is 0. The first-order chi connectivity index (χ1) is 12.7. The lowest BCUT2D eigenvalue weighted by molar-refractivity contribution is 0.0527. The molecule has 2 aliphatic carbocycles. The summed E-state index contributed by atoms with van der Waals surface area (Å²) in [4.78, 5) is 15.5.